The number of rotatable bonds is 47. The van der Waals surface area contributed by atoms with Gasteiger partial charge in [0.1, 0.15) is 25.3 Å². The molecule has 0 saturated heterocycles. The topological polar surface area (TPSA) is 286 Å². The lowest BCUT2D eigenvalue weighted by molar-refractivity contribution is -0.142. The molecule has 5 amide bonds. The third kappa shape index (κ3) is 42.4. The molecule has 0 spiro atoms. The first kappa shape index (κ1) is 61.0. The van der Waals surface area contributed by atoms with Gasteiger partial charge in [-0.15, -0.1) is 11.8 Å². The number of hydrogen-bond donors (Lipinski definition) is 8. The highest BCUT2D eigenvalue weighted by molar-refractivity contribution is 8.00. The molecular weight excluding hydrogens is 876 g/mol. The standard InChI is InChI=1S/C43H77FN6O14S/c1-45-35(42(44)58)32-65-33-40(55)47-21-20-46-38(53)30-63-28-27-62-25-23-49-39(54)31-64-29-26-61-24-22-48-36(51)19-18-34(43(59)60)50-37(52)16-14-12-10-8-6-4-2-3-5-7-9-11-13-15-17-41(56)57/h34-35,45H,2-33H2,1H3,(H,46,53)(H,47,55)(H,48,51)(H,49,54)(H,50,52)(H,56,57)(H,59,60)/t34-,35?/m0/s1. The molecule has 0 bridgehead atoms. The molecule has 2 atom stereocenters. The van der Waals surface area contributed by atoms with Gasteiger partial charge in [-0.1, -0.05) is 77.0 Å². The van der Waals surface area contributed by atoms with Crippen molar-refractivity contribution in [3.05, 3.63) is 0 Å². The maximum absolute atomic E-state index is 12.7. The third-order valence-electron chi connectivity index (χ3n) is 9.59. The van der Waals surface area contributed by atoms with E-state index in [-0.39, 0.29) is 146 Å². The maximum atomic E-state index is 12.7. The van der Waals surface area contributed by atoms with Crippen LogP contribution in [-0.2, 0) is 57.3 Å². The van der Waals surface area contributed by atoms with Crippen LogP contribution in [0, 0.1) is 0 Å². The van der Waals surface area contributed by atoms with Crippen molar-refractivity contribution < 1.29 is 71.9 Å². The van der Waals surface area contributed by atoms with Gasteiger partial charge in [0.15, 0.2) is 0 Å². The molecule has 22 heteroatoms. The zero-order chi connectivity index (χ0) is 48.2. The third-order valence-corrected chi connectivity index (χ3v) is 10.6. The molecule has 0 aromatic heterocycles. The van der Waals surface area contributed by atoms with Crippen molar-refractivity contribution in [1.82, 2.24) is 31.9 Å². The van der Waals surface area contributed by atoms with Gasteiger partial charge in [0.2, 0.25) is 29.5 Å². The Morgan fingerprint density at radius 1 is 0.492 bits per heavy atom. The van der Waals surface area contributed by atoms with Gasteiger partial charge in [-0.2, -0.15) is 4.39 Å². The Morgan fingerprint density at radius 2 is 0.923 bits per heavy atom. The minimum Gasteiger partial charge on any atom is -0.481 e. The number of nitrogens with one attached hydrogen (secondary N) is 6. The molecule has 376 valence electrons. The van der Waals surface area contributed by atoms with Gasteiger partial charge in [-0.05, 0) is 26.3 Å². The number of unbranched alkanes of at least 4 members (excludes halogenated alkanes) is 13. The number of carboxylic acid groups (broad SMARTS) is 2. The fourth-order valence-corrected chi connectivity index (χ4v) is 6.89. The normalized spacial score (nSPS) is 11.9. The van der Waals surface area contributed by atoms with Gasteiger partial charge in [0.25, 0.3) is 0 Å². The number of ether oxygens (including phenoxy) is 4. The molecule has 0 aliphatic carbocycles. The fraction of sp³-hybridized carbons (Fsp3) is 0.814. The first-order chi connectivity index (χ1) is 31.3. The first-order valence-electron chi connectivity index (χ1n) is 22.9. The predicted octanol–water partition coefficient (Wildman–Crippen LogP) is 2.01. The Morgan fingerprint density at radius 3 is 1.38 bits per heavy atom. The largest absolute Gasteiger partial charge is 0.481 e. The molecule has 0 radical (unpaired) electrons. The highest BCUT2D eigenvalue weighted by Gasteiger charge is 2.21. The number of thioether (sulfide) groups is 1. The van der Waals surface area contributed by atoms with Crippen LogP contribution < -0.4 is 31.9 Å². The van der Waals surface area contributed by atoms with E-state index in [1.54, 1.807) is 0 Å². The summed E-state index contributed by atoms with van der Waals surface area (Å²) in [5.41, 5.74) is 0. The van der Waals surface area contributed by atoms with Crippen LogP contribution in [0.15, 0.2) is 0 Å². The number of likely N-dealkylation sites (N-methyl/N-ethyl adjacent to an activating group) is 1. The summed E-state index contributed by atoms with van der Waals surface area (Å²) in [4.78, 5) is 92.9. The number of aliphatic carboxylic acids is 2. The monoisotopic (exact) mass is 953 g/mol. The molecule has 20 nitrogen and oxygen atoms in total. The van der Waals surface area contributed by atoms with Gasteiger partial charge in [0, 0.05) is 51.2 Å². The zero-order valence-electron chi connectivity index (χ0n) is 38.4. The lowest BCUT2D eigenvalue weighted by Gasteiger charge is -2.14. The van der Waals surface area contributed by atoms with E-state index in [0.29, 0.717) is 6.42 Å². The lowest BCUT2D eigenvalue weighted by atomic mass is 10.0. The van der Waals surface area contributed by atoms with Gasteiger partial charge < -0.3 is 61.1 Å². The molecule has 0 rings (SSSR count). The van der Waals surface area contributed by atoms with E-state index in [0.717, 1.165) is 56.7 Å². The highest BCUT2D eigenvalue weighted by atomic mass is 32.2. The average molecular weight is 953 g/mol. The molecular formula is C43H77FN6O14S. The van der Waals surface area contributed by atoms with Gasteiger partial charge >= 0.3 is 18.0 Å². The first-order valence-corrected chi connectivity index (χ1v) is 24.1. The van der Waals surface area contributed by atoms with Crippen molar-refractivity contribution in [2.45, 2.75) is 128 Å². The predicted molar refractivity (Wildman–Crippen MR) is 242 cm³/mol. The van der Waals surface area contributed by atoms with E-state index in [9.17, 15) is 47.9 Å². The lowest BCUT2D eigenvalue weighted by Crippen LogP contribution is -2.41. The summed E-state index contributed by atoms with van der Waals surface area (Å²) in [5.74, 6) is -3.49. The van der Waals surface area contributed by atoms with E-state index in [4.69, 9.17) is 24.1 Å². The maximum Gasteiger partial charge on any atom is 0.326 e. The second-order valence-electron chi connectivity index (χ2n) is 15.2. The summed E-state index contributed by atoms with van der Waals surface area (Å²) >= 11 is 1.11. The van der Waals surface area contributed by atoms with Crippen LogP contribution in [-0.4, -0.2) is 167 Å². The summed E-state index contributed by atoms with van der Waals surface area (Å²) in [6.45, 7) is 1.48. The van der Waals surface area contributed by atoms with Crippen LogP contribution in [0.2, 0.25) is 0 Å². The summed E-state index contributed by atoms with van der Waals surface area (Å²) in [6.07, 6.45) is 15.3. The highest BCUT2D eigenvalue weighted by Crippen LogP contribution is 2.14. The van der Waals surface area contributed by atoms with Crippen LogP contribution in [0.3, 0.4) is 0 Å². The SMILES string of the molecule is CNC(CSCC(=O)NCCNC(=O)COCCOCCNC(=O)COCCOCCNC(=O)CC[C@H](NC(=O)CCCCCCCCCCCCCCCCC(=O)O)C(=O)O)C(=O)F. The second kappa shape index (κ2) is 43.9. The molecule has 1 unspecified atom stereocenters. The Balaban J connectivity index is 3.66. The van der Waals surface area contributed by atoms with Gasteiger partial charge in [-0.3, -0.25) is 33.6 Å². The molecule has 0 aliphatic rings. The molecule has 0 aliphatic heterocycles. The zero-order valence-corrected chi connectivity index (χ0v) is 39.2. The smallest absolute Gasteiger partial charge is 0.326 e. The number of hydrogen-bond acceptors (Lipinski definition) is 14. The Kier molecular flexibility index (Phi) is 41.2. The summed E-state index contributed by atoms with van der Waals surface area (Å²) < 4.78 is 33.9. The summed E-state index contributed by atoms with van der Waals surface area (Å²) in [5, 5.41) is 33.7. The minimum absolute atomic E-state index is 0.0398. The average Bonchev–Trinajstić information content (AvgIpc) is 3.26. The quantitative estimate of drug-likeness (QED) is 0.0320. The van der Waals surface area contributed by atoms with Crippen LogP contribution in [0.4, 0.5) is 4.39 Å². The van der Waals surface area contributed by atoms with Gasteiger partial charge in [0.05, 0.1) is 45.4 Å². The van der Waals surface area contributed by atoms with Crippen LogP contribution in [0.5, 0.6) is 0 Å². The van der Waals surface area contributed by atoms with Crippen molar-refractivity contribution in [2.24, 2.45) is 0 Å². The van der Waals surface area contributed by atoms with Crippen molar-refractivity contribution in [3.63, 3.8) is 0 Å². The molecule has 0 fully saturated rings. The van der Waals surface area contributed by atoms with E-state index in [2.05, 4.69) is 31.9 Å². The Hall–Kier alpha value is -3.96. The number of halogens is 1. The molecule has 0 aromatic rings. The van der Waals surface area contributed by atoms with Crippen molar-refractivity contribution >= 4 is 59.3 Å². The van der Waals surface area contributed by atoms with Crippen molar-refractivity contribution in [3.8, 4) is 0 Å². The minimum atomic E-state index is -1.49. The van der Waals surface area contributed by atoms with Crippen LogP contribution in [0.25, 0.3) is 0 Å². The number of carbonyl (C=O) groups excluding carboxylic acids is 6. The molecule has 0 heterocycles. The van der Waals surface area contributed by atoms with E-state index >= 15 is 0 Å². The number of carbonyl (C=O) groups is 8. The molecule has 0 aromatic carbocycles. The van der Waals surface area contributed by atoms with E-state index < -0.39 is 30.1 Å². The van der Waals surface area contributed by atoms with E-state index in [1.165, 1.54) is 45.6 Å². The molecule has 65 heavy (non-hydrogen) atoms. The second-order valence-corrected chi connectivity index (χ2v) is 16.3. The molecule has 0 saturated carbocycles. The number of amides is 5. The Labute approximate surface area is 387 Å². The summed E-state index contributed by atoms with van der Waals surface area (Å²) in [6, 6.07) is -3.60. The fourth-order valence-electron chi connectivity index (χ4n) is 5.95. The van der Waals surface area contributed by atoms with Crippen LogP contribution >= 0.6 is 11.8 Å². The Bertz CT molecular complexity index is 1340. The summed E-state index contributed by atoms with van der Waals surface area (Å²) in [7, 11) is 1.45. The van der Waals surface area contributed by atoms with Crippen molar-refractivity contribution in [2.75, 3.05) is 97.6 Å². The molecule has 8 N–H and O–H groups in total. The van der Waals surface area contributed by atoms with E-state index in [1.807, 2.05) is 0 Å². The van der Waals surface area contributed by atoms with Crippen molar-refractivity contribution in [1.29, 1.82) is 0 Å². The van der Waals surface area contributed by atoms with Gasteiger partial charge in [-0.25, -0.2) is 4.79 Å². The number of carboxylic acids is 2. The van der Waals surface area contributed by atoms with Crippen LogP contribution in [0.1, 0.15) is 116 Å².